The molecule has 0 amide bonds. The summed E-state index contributed by atoms with van der Waals surface area (Å²) in [6, 6.07) is 4.03. The van der Waals surface area contributed by atoms with Crippen molar-refractivity contribution in [3.05, 3.63) is 29.0 Å². The molecule has 0 atom stereocenters. The summed E-state index contributed by atoms with van der Waals surface area (Å²) >= 11 is 3.44. The highest BCUT2D eigenvalue weighted by Crippen LogP contribution is 2.30. The molecule has 2 aromatic heterocycles. The summed E-state index contributed by atoms with van der Waals surface area (Å²) in [5.74, 6) is 1.82. The maximum atomic E-state index is 4.48. The molecule has 112 valence electrons. The van der Waals surface area contributed by atoms with Gasteiger partial charge in [0.15, 0.2) is 0 Å². The van der Waals surface area contributed by atoms with E-state index in [0.717, 1.165) is 39.6 Å². The van der Waals surface area contributed by atoms with Crippen molar-refractivity contribution in [1.82, 2.24) is 9.97 Å². The van der Waals surface area contributed by atoms with Gasteiger partial charge < -0.3 is 5.32 Å². The van der Waals surface area contributed by atoms with E-state index in [1.165, 1.54) is 32.1 Å². The van der Waals surface area contributed by atoms with Crippen molar-refractivity contribution >= 4 is 32.7 Å². The molecule has 0 spiro atoms. The topological polar surface area (TPSA) is 37.8 Å². The second-order valence-electron chi connectivity index (χ2n) is 6.22. The zero-order valence-electron chi connectivity index (χ0n) is 12.5. The number of hydrogen-bond acceptors (Lipinski definition) is 3. The second kappa shape index (κ2) is 6.73. The number of rotatable bonds is 4. The van der Waals surface area contributed by atoms with E-state index in [-0.39, 0.29) is 0 Å². The lowest BCUT2D eigenvalue weighted by Crippen LogP contribution is -2.16. The molecule has 3 rings (SSSR count). The van der Waals surface area contributed by atoms with Gasteiger partial charge in [-0.05, 0) is 46.3 Å². The maximum Gasteiger partial charge on any atom is 0.112 e. The zero-order chi connectivity index (χ0) is 14.7. The van der Waals surface area contributed by atoms with Crippen LogP contribution in [-0.2, 0) is 0 Å². The van der Waals surface area contributed by atoms with E-state index in [0.29, 0.717) is 0 Å². The number of pyridine rings is 2. The minimum Gasteiger partial charge on any atom is -0.383 e. The Hall–Kier alpha value is -1.16. The average molecular weight is 348 g/mol. The fourth-order valence-electron chi connectivity index (χ4n) is 3.18. The molecule has 1 aliphatic carbocycles. The van der Waals surface area contributed by atoms with Gasteiger partial charge in [0.25, 0.3) is 0 Å². The largest absolute Gasteiger partial charge is 0.383 e. The summed E-state index contributed by atoms with van der Waals surface area (Å²) in [5.41, 5.74) is 2.98. The number of nitrogens with one attached hydrogen (secondary N) is 1. The Bertz CT molecular complexity index is 606. The predicted molar refractivity (Wildman–Crippen MR) is 91.5 cm³/mol. The fourth-order valence-corrected chi connectivity index (χ4v) is 3.50. The van der Waals surface area contributed by atoms with Crippen LogP contribution < -0.4 is 5.32 Å². The number of halogens is 1. The van der Waals surface area contributed by atoms with Crippen molar-refractivity contribution in [2.24, 2.45) is 11.8 Å². The number of hydrogen-bond donors (Lipinski definition) is 1. The van der Waals surface area contributed by atoms with Gasteiger partial charge in [0.2, 0.25) is 0 Å². The number of nitrogens with zero attached hydrogens (tertiary/aromatic N) is 2. The van der Waals surface area contributed by atoms with Crippen molar-refractivity contribution in [3.8, 4) is 0 Å². The van der Waals surface area contributed by atoms with Crippen molar-refractivity contribution in [1.29, 1.82) is 0 Å². The summed E-state index contributed by atoms with van der Waals surface area (Å²) in [5, 5.41) is 3.55. The lowest BCUT2D eigenvalue weighted by atomic mass is 9.81. The Balaban J connectivity index is 1.60. The molecule has 0 aromatic carbocycles. The van der Waals surface area contributed by atoms with Crippen molar-refractivity contribution < 1.29 is 0 Å². The zero-order valence-corrected chi connectivity index (χ0v) is 14.1. The summed E-state index contributed by atoms with van der Waals surface area (Å²) in [7, 11) is 0. The first-order chi connectivity index (χ1) is 10.2. The molecule has 2 heterocycles. The highest BCUT2D eigenvalue weighted by atomic mass is 79.9. The lowest BCUT2D eigenvalue weighted by Gasteiger charge is -2.26. The molecular formula is C17H22BrN3. The first-order valence-corrected chi connectivity index (χ1v) is 8.66. The van der Waals surface area contributed by atoms with E-state index >= 15 is 0 Å². The molecule has 1 fully saturated rings. The third-order valence-corrected chi connectivity index (χ3v) is 4.98. The van der Waals surface area contributed by atoms with Gasteiger partial charge in [-0.2, -0.15) is 0 Å². The molecule has 0 unspecified atom stereocenters. The summed E-state index contributed by atoms with van der Waals surface area (Å²) in [4.78, 5) is 8.86. The van der Waals surface area contributed by atoms with E-state index in [2.05, 4.69) is 38.1 Å². The van der Waals surface area contributed by atoms with E-state index in [9.17, 15) is 0 Å². The lowest BCUT2D eigenvalue weighted by molar-refractivity contribution is 0.282. The highest BCUT2D eigenvalue weighted by molar-refractivity contribution is 9.10. The van der Waals surface area contributed by atoms with E-state index in [4.69, 9.17) is 0 Å². The van der Waals surface area contributed by atoms with Crippen LogP contribution in [0, 0.1) is 11.8 Å². The standard InChI is InChI=1S/C17H22BrN3/c1-12-2-4-13(5-3-12)6-8-19-15-7-9-20-16-10-14(18)11-21-17(15)16/h7,9-13H,2-6,8H2,1H3,(H,19,20). The van der Waals surface area contributed by atoms with Crippen molar-refractivity contribution in [2.45, 2.75) is 39.0 Å². The van der Waals surface area contributed by atoms with Crippen molar-refractivity contribution in [2.75, 3.05) is 11.9 Å². The van der Waals surface area contributed by atoms with E-state index in [1.807, 2.05) is 24.5 Å². The Morgan fingerprint density at radius 3 is 2.86 bits per heavy atom. The molecule has 2 aromatic rings. The van der Waals surface area contributed by atoms with Gasteiger partial charge in [-0.3, -0.25) is 9.97 Å². The van der Waals surface area contributed by atoms with Gasteiger partial charge in [0.1, 0.15) is 5.52 Å². The van der Waals surface area contributed by atoms with Crippen LogP contribution in [0.3, 0.4) is 0 Å². The van der Waals surface area contributed by atoms with Crippen LogP contribution in [0.15, 0.2) is 29.0 Å². The maximum absolute atomic E-state index is 4.48. The average Bonchev–Trinajstić information content (AvgIpc) is 2.49. The Morgan fingerprint density at radius 1 is 1.24 bits per heavy atom. The molecule has 0 bridgehead atoms. The smallest absolute Gasteiger partial charge is 0.112 e. The minimum atomic E-state index is 0.893. The molecule has 1 aliphatic rings. The molecule has 0 saturated heterocycles. The van der Waals surface area contributed by atoms with Crippen LogP contribution in [0.1, 0.15) is 39.0 Å². The molecule has 0 radical (unpaired) electrons. The van der Waals surface area contributed by atoms with Gasteiger partial charge in [-0.1, -0.05) is 32.6 Å². The Labute approximate surface area is 134 Å². The predicted octanol–water partition coefficient (Wildman–Crippen LogP) is 5.02. The van der Waals surface area contributed by atoms with Crippen molar-refractivity contribution in [3.63, 3.8) is 0 Å². The molecule has 21 heavy (non-hydrogen) atoms. The van der Waals surface area contributed by atoms with E-state index < -0.39 is 0 Å². The number of fused-ring (bicyclic) bond motifs is 1. The van der Waals surface area contributed by atoms with Gasteiger partial charge in [0, 0.05) is 23.4 Å². The third-order valence-electron chi connectivity index (χ3n) is 4.55. The number of aromatic nitrogens is 2. The summed E-state index contributed by atoms with van der Waals surface area (Å²) in [6.07, 6.45) is 10.5. The van der Waals surface area contributed by atoms with Crippen LogP contribution in [0.5, 0.6) is 0 Å². The van der Waals surface area contributed by atoms with E-state index in [1.54, 1.807) is 0 Å². The monoisotopic (exact) mass is 347 g/mol. The first-order valence-electron chi connectivity index (χ1n) is 7.86. The molecule has 1 saturated carbocycles. The molecular weight excluding hydrogens is 326 g/mol. The first kappa shape index (κ1) is 14.8. The Kier molecular flexibility index (Phi) is 4.73. The fraction of sp³-hybridized carbons (Fsp3) is 0.529. The van der Waals surface area contributed by atoms with Gasteiger partial charge in [0.05, 0.1) is 11.2 Å². The second-order valence-corrected chi connectivity index (χ2v) is 7.14. The van der Waals surface area contributed by atoms with Crippen LogP contribution >= 0.6 is 15.9 Å². The van der Waals surface area contributed by atoms with Gasteiger partial charge in [-0.15, -0.1) is 0 Å². The number of anilines is 1. The summed E-state index contributed by atoms with van der Waals surface area (Å²) in [6.45, 7) is 3.40. The Morgan fingerprint density at radius 2 is 2.05 bits per heavy atom. The SMILES string of the molecule is CC1CCC(CCNc2ccnc3cc(Br)cnc23)CC1. The van der Waals surface area contributed by atoms with Gasteiger partial charge >= 0.3 is 0 Å². The van der Waals surface area contributed by atoms with Crippen LogP contribution in [0.4, 0.5) is 5.69 Å². The normalized spacial score (nSPS) is 22.4. The third kappa shape index (κ3) is 3.73. The molecule has 0 aliphatic heterocycles. The quantitative estimate of drug-likeness (QED) is 0.843. The minimum absolute atomic E-state index is 0.893. The molecule has 3 nitrogen and oxygen atoms in total. The van der Waals surface area contributed by atoms with Crippen LogP contribution in [-0.4, -0.2) is 16.5 Å². The van der Waals surface area contributed by atoms with Crippen LogP contribution in [0.2, 0.25) is 0 Å². The molecule has 4 heteroatoms. The van der Waals surface area contributed by atoms with Gasteiger partial charge in [-0.25, -0.2) is 0 Å². The highest BCUT2D eigenvalue weighted by Gasteiger charge is 2.17. The molecule has 1 N–H and O–H groups in total. The summed E-state index contributed by atoms with van der Waals surface area (Å²) < 4.78 is 0.968. The van der Waals surface area contributed by atoms with Crippen LogP contribution in [0.25, 0.3) is 11.0 Å².